The maximum atomic E-state index is 8.82. The third kappa shape index (κ3) is 1.66. The molecule has 0 atom stereocenters. The van der Waals surface area contributed by atoms with E-state index in [1.165, 1.54) is 0 Å². The Bertz CT molecular complexity index is 705. The Kier molecular flexibility index (Phi) is 2.13. The van der Waals surface area contributed by atoms with Gasteiger partial charge in [-0.05, 0) is 17.7 Å². The lowest BCUT2D eigenvalue weighted by molar-refractivity contribution is 1.29. The van der Waals surface area contributed by atoms with Gasteiger partial charge in [-0.25, -0.2) is 4.98 Å². The van der Waals surface area contributed by atoms with Gasteiger partial charge in [0.2, 0.25) is 0 Å². The fourth-order valence-corrected chi connectivity index (χ4v) is 1.86. The number of hydrogen-bond donors (Lipinski definition) is 1. The van der Waals surface area contributed by atoms with Crippen LogP contribution in [0.15, 0.2) is 48.7 Å². The highest BCUT2D eigenvalue weighted by molar-refractivity contribution is 5.82. The molecular formula is C14H9N3. The van der Waals surface area contributed by atoms with Crippen LogP contribution in [-0.4, -0.2) is 9.97 Å². The van der Waals surface area contributed by atoms with E-state index in [-0.39, 0.29) is 0 Å². The summed E-state index contributed by atoms with van der Waals surface area (Å²) in [6, 6.07) is 16.0. The van der Waals surface area contributed by atoms with Crippen LogP contribution in [0.4, 0.5) is 0 Å². The van der Waals surface area contributed by atoms with Crippen molar-refractivity contribution in [3.05, 3.63) is 54.4 Å². The number of H-pyrrole nitrogens is 1. The molecule has 0 aliphatic rings. The van der Waals surface area contributed by atoms with E-state index >= 15 is 0 Å². The van der Waals surface area contributed by atoms with Crippen molar-refractivity contribution in [3.8, 4) is 17.2 Å². The Morgan fingerprint density at radius 2 is 1.88 bits per heavy atom. The molecule has 80 valence electrons. The van der Waals surface area contributed by atoms with E-state index in [0.29, 0.717) is 5.69 Å². The zero-order valence-corrected chi connectivity index (χ0v) is 9.01. The molecule has 2 aromatic heterocycles. The summed E-state index contributed by atoms with van der Waals surface area (Å²) >= 11 is 0. The summed E-state index contributed by atoms with van der Waals surface area (Å²) in [5.74, 6) is 0. The van der Waals surface area contributed by atoms with E-state index < -0.39 is 0 Å². The number of benzene rings is 1. The molecule has 3 heteroatoms. The van der Waals surface area contributed by atoms with Crippen molar-refractivity contribution in [1.29, 1.82) is 5.26 Å². The molecule has 0 bridgehead atoms. The van der Waals surface area contributed by atoms with Crippen LogP contribution < -0.4 is 0 Å². The van der Waals surface area contributed by atoms with Gasteiger partial charge in [-0.15, -0.1) is 0 Å². The minimum atomic E-state index is 0.540. The molecule has 17 heavy (non-hydrogen) atoms. The number of nitrogens with one attached hydrogen (secondary N) is 1. The molecule has 3 aromatic rings. The average Bonchev–Trinajstić information content (AvgIpc) is 2.81. The van der Waals surface area contributed by atoms with Gasteiger partial charge in [0.15, 0.2) is 0 Å². The summed E-state index contributed by atoms with van der Waals surface area (Å²) in [5.41, 5.74) is 3.47. The number of rotatable bonds is 1. The largest absolute Gasteiger partial charge is 0.331 e. The molecule has 3 rings (SSSR count). The number of hydrogen-bond acceptors (Lipinski definition) is 2. The monoisotopic (exact) mass is 219 g/mol. The first-order chi connectivity index (χ1) is 8.36. The van der Waals surface area contributed by atoms with Gasteiger partial charge in [0.25, 0.3) is 0 Å². The lowest BCUT2D eigenvalue weighted by atomic mass is 10.1. The first-order valence-electron chi connectivity index (χ1n) is 5.31. The highest BCUT2D eigenvalue weighted by Gasteiger charge is 2.03. The standard InChI is InChI=1S/C14H9N3/c15-8-13-7-11-6-12(9-16-14(11)17-13)10-4-2-1-3-5-10/h1-7,9H,(H,16,17). The summed E-state index contributed by atoms with van der Waals surface area (Å²) in [5, 5.41) is 9.78. The Hall–Kier alpha value is -2.60. The van der Waals surface area contributed by atoms with Crippen LogP contribution >= 0.6 is 0 Å². The minimum Gasteiger partial charge on any atom is -0.331 e. The topological polar surface area (TPSA) is 52.5 Å². The predicted octanol–water partition coefficient (Wildman–Crippen LogP) is 3.10. The lowest BCUT2D eigenvalue weighted by Crippen LogP contribution is -1.80. The zero-order valence-electron chi connectivity index (χ0n) is 9.01. The van der Waals surface area contributed by atoms with E-state index in [0.717, 1.165) is 22.2 Å². The molecule has 1 aromatic carbocycles. The minimum absolute atomic E-state index is 0.540. The van der Waals surface area contributed by atoms with Gasteiger partial charge in [0.05, 0.1) is 0 Å². The summed E-state index contributed by atoms with van der Waals surface area (Å²) in [4.78, 5) is 7.27. The Labute approximate surface area is 98.4 Å². The first kappa shape index (κ1) is 9.61. The third-order valence-corrected chi connectivity index (χ3v) is 2.70. The summed E-state index contributed by atoms with van der Waals surface area (Å²) in [7, 11) is 0. The smallest absolute Gasteiger partial charge is 0.138 e. The van der Waals surface area contributed by atoms with Crippen molar-refractivity contribution in [2.24, 2.45) is 0 Å². The fourth-order valence-electron chi connectivity index (χ4n) is 1.86. The summed E-state index contributed by atoms with van der Waals surface area (Å²) in [6.45, 7) is 0. The van der Waals surface area contributed by atoms with Crippen LogP contribution in [0.3, 0.4) is 0 Å². The van der Waals surface area contributed by atoms with Gasteiger partial charge in [-0.3, -0.25) is 0 Å². The molecule has 3 nitrogen and oxygen atoms in total. The van der Waals surface area contributed by atoms with Crippen molar-refractivity contribution in [2.75, 3.05) is 0 Å². The molecular weight excluding hydrogens is 210 g/mol. The second-order valence-electron chi connectivity index (χ2n) is 3.82. The SMILES string of the molecule is N#Cc1cc2cc(-c3ccccc3)cnc2[nH]1. The lowest BCUT2D eigenvalue weighted by Gasteiger charge is -2.00. The maximum Gasteiger partial charge on any atom is 0.138 e. The molecule has 0 saturated heterocycles. The van der Waals surface area contributed by atoms with E-state index in [4.69, 9.17) is 5.26 Å². The van der Waals surface area contributed by atoms with Gasteiger partial charge < -0.3 is 4.98 Å². The number of aromatic nitrogens is 2. The quantitative estimate of drug-likeness (QED) is 0.683. The third-order valence-electron chi connectivity index (χ3n) is 2.70. The van der Waals surface area contributed by atoms with Gasteiger partial charge in [-0.1, -0.05) is 30.3 Å². The number of fused-ring (bicyclic) bond motifs is 1. The van der Waals surface area contributed by atoms with Gasteiger partial charge in [0.1, 0.15) is 17.4 Å². The van der Waals surface area contributed by atoms with E-state index in [2.05, 4.69) is 16.0 Å². The normalized spacial score (nSPS) is 10.3. The zero-order chi connectivity index (χ0) is 11.7. The molecule has 0 aliphatic heterocycles. The number of nitrogens with zero attached hydrogens (tertiary/aromatic N) is 2. The van der Waals surface area contributed by atoms with Crippen LogP contribution in [0.1, 0.15) is 5.69 Å². The van der Waals surface area contributed by atoms with E-state index in [1.54, 1.807) is 0 Å². The van der Waals surface area contributed by atoms with Crippen LogP contribution in [0.25, 0.3) is 22.2 Å². The van der Waals surface area contributed by atoms with Crippen molar-refractivity contribution in [2.45, 2.75) is 0 Å². The van der Waals surface area contributed by atoms with Gasteiger partial charge >= 0.3 is 0 Å². The van der Waals surface area contributed by atoms with Crippen LogP contribution in [0, 0.1) is 11.3 Å². The number of pyridine rings is 1. The molecule has 0 aliphatic carbocycles. The second-order valence-corrected chi connectivity index (χ2v) is 3.82. The summed E-state index contributed by atoms with van der Waals surface area (Å²) < 4.78 is 0. The van der Waals surface area contributed by atoms with Crippen LogP contribution in [0.5, 0.6) is 0 Å². The van der Waals surface area contributed by atoms with Crippen LogP contribution in [0.2, 0.25) is 0 Å². The highest BCUT2D eigenvalue weighted by atomic mass is 14.9. The summed E-state index contributed by atoms with van der Waals surface area (Å²) in [6.07, 6.45) is 1.81. The molecule has 0 radical (unpaired) electrons. The van der Waals surface area contributed by atoms with Crippen molar-refractivity contribution < 1.29 is 0 Å². The van der Waals surface area contributed by atoms with Crippen molar-refractivity contribution in [1.82, 2.24) is 9.97 Å². The fraction of sp³-hybridized carbons (Fsp3) is 0. The molecule has 0 saturated carbocycles. The second kappa shape index (κ2) is 3.76. The molecule has 0 amide bonds. The highest BCUT2D eigenvalue weighted by Crippen LogP contribution is 2.22. The average molecular weight is 219 g/mol. The molecule has 0 fully saturated rings. The van der Waals surface area contributed by atoms with Gasteiger partial charge in [0, 0.05) is 17.1 Å². The first-order valence-corrected chi connectivity index (χ1v) is 5.31. The van der Waals surface area contributed by atoms with Gasteiger partial charge in [-0.2, -0.15) is 5.26 Å². The Morgan fingerprint density at radius 1 is 1.06 bits per heavy atom. The Morgan fingerprint density at radius 3 is 2.65 bits per heavy atom. The molecule has 2 heterocycles. The van der Waals surface area contributed by atoms with E-state index in [9.17, 15) is 0 Å². The molecule has 0 unspecified atom stereocenters. The maximum absolute atomic E-state index is 8.82. The Balaban J connectivity index is 2.17. The van der Waals surface area contributed by atoms with Crippen molar-refractivity contribution in [3.63, 3.8) is 0 Å². The number of nitriles is 1. The predicted molar refractivity (Wildman–Crippen MR) is 66.2 cm³/mol. The number of aromatic amines is 1. The molecule has 1 N–H and O–H groups in total. The van der Waals surface area contributed by atoms with Crippen LogP contribution in [-0.2, 0) is 0 Å². The molecule has 0 spiro atoms. The van der Waals surface area contributed by atoms with Crippen molar-refractivity contribution >= 4 is 11.0 Å². The van der Waals surface area contributed by atoms with E-state index in [1.807, 2.05) is 48.7 Å².